The van der Waals surface area contributed by atoms with E-state index >= 15 is 0 Å². The molecule has 0 aliphatic carbocycles. The summed E-state index contributed by atoms with van der Waals surface area (Å²) in [5.41, 5.74) is -0.00793. The van der Waals surface area contributed by atoms with Crippen molar-refractivity contribution in [1.29, 1.82) is 0 Å². The topological polar surface area (TPSA) is 83.6 Å². The minimum Gasteiger partial charge on any atom is -0.480 e. The quantitative estimate of drug-likeness (QED) is 0.501. The number of nitrogens with two attached hydrogens (primary N) is 1. The Balaban J connectivity index is 3.09. The Morgan fingerprint density at radius 3 is 2.24 bits per heavy atom. The fourth-order valence-corrected chi connectivity index (χ4v) is 1.69. The van der Waals surface area contributed by atoms with Crippen molar-refractivity contribution in [2.75, 3.05) is 0 Å². The molecule has 1 aromatic rings. The first-order valence-electron chi connectivity index (χ1n) is 4.61. The summed E-state index contributed by atoms with van der Waals surface area (Å²) in [6.07, 6.45) is 0. The molecule has 0 saturated heterocycles. The monoisotopic (exact) mass is 276 g/mol. The van der Waals surface area contributed by atoms with Crippen LogP contribution < -0.4 is 5.84 Å². The molecule has 0 spiro atoms. The second-order valence-electron chi connectivity index (χ2n) is 3.32. The molecular weight excluding hydrogens is 267 g/mol. The molecule has 0 aliphatic rings. The van der Waals surface area contributed by atoms with Crippen LogP contribution >= 0.6 is 23.2 Å². The predicted octanol–water partition coefficient (Wildman–Crippen LogP) is 1.78. The van der Waals surface area contributed by atoms with Gasteiger partial charge in [0.1, 0.15) is 6.04 Å². The second kappa shape index (κ2) is 5.35. The van der Waals surface area contributed by atoms with E-state index in [-0.39, 0.29) is 15.6 Å². The van der Waals surface area contributed by atoms with E-state index in [0.717, 1.165) is 0 Å². The lowest BCUT2D eigenvalue weighted by atomic mass is 10.2. The van der Waals surface area contributed by atoms with E-state index in [9.17, 15) is 9.59 Å². The highest BCUT2D eigenvalue weighted by Gasteiger charge is 2.26. The molecule has 5 nitrogen and oxygen atoms in total. The summed E-state index contributed by atoms with van der Waals surface area (Å²) in [5.74, 6) is 3.46. The number of carboxylic acids is 1. The Hall–Kier alpha value is -1.30. The minimum atomic E-state index is -1.22. The van der Waals surface area contributed by atoms with Gasteiger partial charge in [-0.1, -0.05) is 29.3 Å². The molecule has 1 rings (SSSR count). The highest BCUT2D eigenvalue weighted by molar-refractivity contribution is 6.39. The van der Waals surface area contributed by atoms with E-state index < -0.39 is 17.9 Å². The molecule has 0 radical (unpaired) electrons. The van der Waals surface area contributed by atoms with Crippen molar-refractivity contribution in [3.05, 3.63) is 33.8 Å². The average molecular weight is 277 g/mol. The zero-order valence-corrected chi connectivity index (χ0v) is 10.4. The van der Waals surface area contributed by atoms with Crippen LogP contribution in [-0.4, -0.2) is 28.0 Å². The number of rotatable bonds is 3. The normalized spacial score (nSPS) is 12.0. The lowest BCUT2D eigenvalue weighted by Crippen LogP contribution is -2.48. The molecular formula is C10H10Cl2N2O3. The lowest BCUT2D eigenvalue weighted by Gasteiger charge is -2.21. The Morgan fingerprint density at radius 1 is 1.35 bits per heavy atom. The van der Waals surface area contributed by atoms with Gasteiger partial charge >= 0.3 is 5.97 Å². The van der Waals surface area contributed by atoms with Gasteiger partial charge in [-0.2, -0.15) is 0 Å². The zero-order valence-electron chi connectivity index (χ0n) is 8.85. The Labute approximate surface area is 108 Å². The largest absolute Gasteiger partial charge is 0.480 e. The lowest BCUT2D eigenvalue weighted by molar-refractivity contribution is -0.141. The molecule has 0 heterocycles. The van der Waals surface area contributed by atoms with Gasteiger partial charge in [0.2, 0.25) is 0 Å². The molecule has 0 bridgehead atoms. The molecule has 1 amide bonds. The summed E-state index contributed by atoms with van der Waals surface area (Å²) in [7, 11) is 0. The van der Waals surface area contributed by atoms with Crippen molar-refractivity contribution < 1.29 is 14.7 Å². The van der Waals surface area contributed by atoms with Gasteiger partial charge in [-0.15, -0.1) is 0 Å². The van der Waals surface area contributed by atoms with Crippen LogP contribution in [0.2, 0.25) is 10.0 Å². The van der Waals surface area contributed by atoms with Crippen LogP contribution in [0.3, 0.4) is 0 Å². The van der Waals surface area contributed by atoms with Crippen LogP contribution in [0.15, 0.2) is 18.2 Å². The maximum Gasteiger partial charge on any atom is 0.327 e. The van der Waals surface area contributed by atoms with Gasteiger partial charge in [0.05, 0.1) is 15.6 Å². The number of carboxylic acid groups (broad SMARTS) is 1. The van der Waals surface area contributed by atoms with E-state index in [4.69, 9.17) is 34.2 Å². The van der Waals surface area contributed by atoms with E-state index in [1.54, 1.807) is 6.07 Å². The summed E-state index contributed by atoms with van der Waals surface area (Å²) in [6, 6.07) is 3.35. The third kappa shape index (κ3) is 2.88. The minimum absolute atomic E-state index is 0.00793. The van der Waals surface area contributed by atoms with Crippen LogP contribution in [0, 0.1) is 0 Å². The van der Waals surface area contributed by atoms with Crippen LogP contribution in [0.25, 0.3) is 0 Å². The fourth-order valence-electron chi connectivity index (χ4n) is 1.13. The van der Waals surface area contributed by atoms with Crippen molar-refractivity contribution in [3.63, 3.8) is 0 Å². The maximum atomic E-state index is 11.9. The summed E-state index contributed by atoms with van der Waals surface area (Å²) in [4.78, 5) is 22.6. The van der Waals surface area contributed by atoms with Crippen molar-refractivity contribution in [1.82, 2.24) is 5.01 Å². The van der Waals surface area contributed by atoms with Crippen LogP contribution in [0.1, 0.15) is 17.3 Å². The molecule has 0 aliphatic heterocycles. The first-order chi connectivity index (χ1) is 7.86. The summed E-state index contributed by atoms with van der Waals surface area (Å²) >= 11 is 11.6. The third-order valence-electron chi connectivity index (χ3n) is 2.19. The molecule has 92 valence electrons. The number of hydrazine groups is 1. The number of carbonyl (C=O) groups is 2. The number of carbonyl (C=O) groups excluding carboxylic acids is 1. The van der Waals surface area contributed by atoms with Gasteiger partial charge in [0, 0.05) is 0 Å². The molecule has 17 heavy (non-hydrogen) atoms. The van der Waals surface area contributed by atoms with Gasteiger partial charge in [-0.3, -0.25) is 9.80 Å². The molecule has 7 heteroatoms. The van der Waals surface area contributed by atoms with Crippen molar-refractivity contribution >= 4 is 35.1 Å². The summed E-state index contributed by atoms with van der Waals surface area (Å²) in [6.45, 7) is 1.28. The number of amides is 1. The number of benzene rings is 1. The smallest absolute Gasteiger partial charge is 0.327 e. The number of hydrogen-bond donors (Lipinski definition) is 2. The van der Waals surface area contributed by atoms with Crippen LogP contribution in [0.4, 0.5) is 0 Å². The summed E-state index contributed by atoms with van der Waals surface area (Å²) < 4.78 is 0. The molecule has 3 N–H and O–H groups in total. The van der Waals surface area contributed by atoms with Gasteiger partial charge in [0.25, 0.3) is 5.91 Å². The van der Waals surface area contributed by atoms with Crippen molar-refractivity contribution in [2.45, 2.75) is 13.0 Å². The number of hydrogen-bond acceptors (Lipinski definition) is 3. The van der Waals surface area contributed by atoms with E-state index in [1.807, 2.05) is 0 Å². The zero-order chi connectivity index (χ0) is 13.2. The van der Waals surface area contributed by atoms with E-state index in [1.165, 1.54) is 19.1 Å². The highest BCUT2D eigenvalue weighted by atomic mass is 35.5. The van der Waals surface area contributed by atoms with Crippen molar-refractivity contribution in [3.8, 4) is 0 Å². The molecule has 0 fully saturated rings. The standard InChI is InChI=1S/C10H10Cl2N2O3/c1-5(10(16)17)14(13)9(15)8-6(11)3-2-4-7(8)12/h2-5H,13H2,1H3,(H,16,17)/t5-/m0/s1. The average Bonchev–Trinajstić information content (AvgIpc) is 2.26. The summed E-state index contributed by atoms with van der Waals surface area (Å²) in [5, 5.41) is 9.57. The predicted molar refractivity (Wildman–Crippen MR) is 63.9 cm³/mol. The van der Waals surface area contributed by atoms with E-state index in [0.29, 0.717) is 5.01 Å². The maximum absolute atomic E-state index is 11.9. The number of aliphatic carboxylic acids is 1. The van der Waals surface area contributed by atoms with Gasteiger partial charge < -0.3 is 5.11 Å². The molecule has 1 aromatic carbocycles. The highest BCUT2D eigenvalue weighted by Crippen LogP contribution is 2.25. The van der Waals surface area contributed by atoms with Crippen molar-refractivity contribution in [2.24, 2.45) is 5.84 Å². The molecule has 0 unspecified atom stereocenters. The van der Waals surface area contributed by atoms with Gasteiger partial charge in [0.15, 0.2) is 0 Å². The van der Waals surface area contributed by atoms with Gasteiger partial charge in [-0.05, 0) is 19.1 Å². The number of halogens is 2. The molecule has 0 saturated carbocycles. The Morgan fingerprint density at radius 2 is 1.82 bits per heavy atom. The van der Waals surface area contributed by atoms with E-state index in [2.05, 4.69) is 0 Å². The van der Waals surface area contributed by atoms with Crippen LogP contribution in [0.5, 0.6) is 0 Å². The fraction of sp³-hybridized carbons (Fsp3) is 0.200. The molecule has 1 atom stereocenters. The second-order valence-corrected chi connectivity index (χ2v) is 4.14. The first kappa shape index (κ1) is 13.8. The SMILES string of the molecule is C[C@@H](C(=O)O)N(N)C(=O)c1c(Cl)cccc1Cl. The number of nitrogens with zero attached hydrogens (tertiary/aromatic N) is 1. The third-order valence-corrected chi connectivity index (χ3v) is 2.82. The Bertz CT molecular complexity index is 445. The molecule has 0 aromatic heterocycles. The van der Waals surface area contributed by atoms with Crippen LogP contribution in [-0.2, 0) is 4.79 Å². The van der Waals surface area contributed by atoms with Gasteiger partial charge in [-0.25, -0.2) is 10.6 Å². The Kier molecular flexibility index (Phi) is 4.34. The first-order valence-corrected chi connectivity index (χ1v) is 5.37.